The van der Waals surface area contributed by atoms with Gasteiger partial charge in [0.05, 0.1) is 4.90 Å². The van der Waals surface area contributed by atoms with E-state index in [-0.39, 0.29) is 4.90 Å². The van der Waals surface area contributed by atoms with Crippen LogP contribution in [-0.4, -0.2) is 21.6 Å². The maximum atomic E-state index is 10.6. The summed E-state index contributed by atoms with van der Waals surface area (Å²) in [5.74, 6) is 0. The first-order valence-corrected chi connectivity index (χ1v) is 6.99. The Balaban J connectivity index is 0.000000187. The van der Waals surface area contributed by atoms with Crippen LogP contribution in [0, 0.1) is 0 Å². The van der Waals surface area contributed by atoms with Gasteiger partial charge in [-0.3, -0.25) is 0 Å². The largest absolute Gasteiger partial charge is 0.381 e. The Bertz CT molecular complexity index is 363. The Morgan fingerprint density at radius 3 is 1.87 bits per heavy atom. The fourth-order valence-corrected chi connectivity index (χ4v) is 1.88. The lowest BCUT2D eigenvalue weighted by atomic mass is 10.4. The summed E-state index contributed by atoms with van der Waals surface area (Å²) in [4.78, 5) is 0.136. The summed E-state index contributed by atoms with van der Waals surface area (Å²) in [5, 5.41) is 0. The van der Waals surface area contributed by atoms with Gasteiger partial charge in [-0.1, -0.05) is 18.2 Å². The van der Waals surface area contributed by atoms with Gasteiger partial charge in [-0.05, 0) is 25.0 Å². The molecule has 15 heavy (non-hydrogen) atoms. The molecule has 3 nitrogen and oxygen atoms in total. The molecule has 0 amide bonds. The first-order valence-electron chi connectivity index (χ1n) is 4.68. The molecular formula is C10H13ClO3S. The molecule has 0 spiro atoms. The van der Waals surface area contributed by atoms with Crippen LogP contribution in [0.3, 0.4) is 0 Å². The van der Waals surface area contributed by atoms with E-state index in [0.29, 0.717) is 0 Å². The summed E-state index contributed by atoms with van der Waals surface area (Å²) < 4.78 is 26.1. The van der Waals surface area contributed by atoms with Crippen LogP contribution in [-0.2, 0) is 13.8 Å². The summed E-state index contributed by atoms with van der Waals surface area (Å²) in [5.41, 5.74) is 0. The maximum Gasteiger partial charge on any atom is 0.261 e. The summed E-state index contributed by atoms with van der Waals surface area (Å²) in [7, 11) is 1.50. The van der Waals surface area contributed by atoms with Crippen LogP contribution in [0.2, 0.25) is 0 Å². The Kier molecular flexibility index (Phi) is 5.08. The van der Waals surface area contributed by atoms with Gasteiger partial charge in [0.15, 0.2) is 0 Å². The van der Waals surface area contributed by atoms with Crippen LogP contribution in [0.25, 0.3) is 0 Å². The summed E-state index contributed by atoms with van der Waals surface area (Å²) >= 11 is 0. The van der Waals surface area contributed by atoms with Crippen LogP contribution >= 0.6 is 10.7 Å². The molecular weight excluding hydrogens is 236 g/mol. The van der Waals surface area contributed by atoms with Gasteiger partial charge in [0.2, 0.25) is 0 Å². The standard InChI is InChI=1S/C6H5ClO2S.C4H8O/c7-10(8,9)6-4-2-1-3-5-6;1-2-4-5-3-1/h1-5H;1-4H2. The van der Waals surface area contributed by atoms with Crippen molar-refractivity contribution < 1.29 is 13.2 Å². The Hall–Kier alpha value is -0.580. The number of rotatable bonds is 1. The van der Waals surface area contributed by atoms with E-state index in [9.17, 15) is 8.42 Å². The number of hydrogen-bond acceptors (Lipinski definition) is 3. The summed E-state index contributed by atoms with van der Waals surface area (Å²) in [6.45, 7) is 2.00. The Morgan fingerprint density at radius 2 is 1.60 bits per heavy atom. The first-order chi connectivity index (χ1) is 7.11. The van der Waals surface area contributed by atoms with E-state index in [0.717, 1.165) is 13.2 Å². The first kappa shape index (κ1) is 12.5. The molecule has 0 aromatic heterocycles. The van der Waals surface area contributed by atoms with E-state index in [1.807, 2.05) is 0 Å². The van der Waals surface area contributed by atoms with Crippen molar-refractivity contribution in [3.8, 4) is 0 Å². The highest BCUT2D eigenvalue weighted by atomic mass is 35.7. The predicted octanol–water partition coefficient (Wildman–Crippen LogP) is 2.41. The fraction of sp³-hybridized carbons (Fsp3) is 0.400. The van der Waals surface area contributed by atoms with E-state index in [4.69, 9.17) is 15.4 Å². The summed E-state index contributed by atoms with van der Waals surface area (Å²) in [6.07, 6.45) is 2.56. The SMILES string of the molecule is C1CCOC1.O=S(=O)(Cl)c1ccccc1. The lowest BCUT2D eigenvalue weighted by Gasteiger charge is -1.91. The van der Waals surface area contributed by atoms with Gasteiger partial charge in [-0.15, -0.1) is 0 Å². The molecule has 1 heterocycles. The molecule has 0 unspecified atom stereocenters. The molecule has 2 rings (SSSR count). The highest BCUT2D eigenvalue weighted by Crippen LogP contribution is 2.12. The monoisotopic (exact) mass is 248 g/mol. The molecule has 0 aliphatic carbocycles. The zero-order chi connectivity index (χ0) is 11.1. The normalized spacial score (nSPS) is 15.5. The lowest BCUT2D eigenvalue weighted by Crippen LogP contribution is -1.87. The molecule has 0 saturated carbocycles. The van der Waals surface area contributed by atoms with Crippen LogP contribution in [0.5, 0.6) is 0 Å². The Labute approximate surface area is 94.4 Å². The van der Waals surface area contributed by atoms with E-state index < -0.39 is 9.05 Å². The topological polar surface area (TPSA) is 43.4 Å². The molecule has 5 heteroatoms. The van der Waals surface area contributed by atoms with E-state index in [2.05, 4.69) is 0 Å². The van der Waals surface area contributed by atoms with E-state index >= 15 is 0 Å². The van der Waals surface area contributed by atoms with Gasteiger partial charge in [0.25, 0.3) is 9.05 Å². The van der Waals surface area contributed by atoms with Crippen molar-refractivity contribution in [1.29, 1.82) is 0 Å². The third kappa shape index (κ3) is 5.16. The molecule has 1 saturated heterocycles. The molecule has 1 aliphatic heterocycles. The highest BCUT2D eigenvalue weighted by Gasteiger charge is 2.06. The summed E-state index contributed by atoms with van der Waals surface area (Å²) in [6, 6.07) is 7.86. The van der Waals surface area contributed by atoms with Crippen LogP contribution in [0.1, 0.15) is 12.8 Å². The average molecular weight is 249 g/mol. The van der Waals surface area contributed by atoms with Crippen LogP contribution in [0.15, 0.2) is 35.2 Å². The highest BCUT2D eigenvalue weighted by molar-refractivity contribution is 8.13. The molecule has 84 valence electrons. The second kappa shape index (κ2) is 6.10. The molecule has 1 fully saturated rings. The number of benzene rings is 1. The van der Waals surface area contributed by atoms with Crippen molar-refractivity contribution in [2.24, 2.45) is 0 Å². The lowest BCUT2D eigenvalue weighted by molar-refractivity contribution is 0.198. The zero-order valence-corrected chi connectivity index (χ0v) is 9.80. The van der Waals surface area contributed by atoms with Gasteiger partial charge in [-0.25, -0.2) is 8.42 Å². The molecule has 0 bridgehead atoms. The van der Waals surface area contributed by atoms with Crippen molar-refractivity contribution in [2.75, 3.05) is 13.2 Å². The molecule has 0 N–H and O–H groups in total. The third-order valence-corrected chi connectivity index (χ3v) is 3.22. The maximum absolute atomic E-state index is 10.6. The predicted molar refractivity (Wildman–Crippen MR) is 59.5 cm³/mol. The number of ether oxygens (including phenoxy) is 1. The Morgan fingerprint density at radius 1 is 1.07 bits per heavy atom. The second-order valence-corrected chi connectivity index (χ2v) is 5.64. The van der Waals surface area contributed by atoms with Crippen molar-refractivity contribution >= 4 is 19.7 Å². The van der Waals surface area contributed by atoms with Crippen molar-refractivity contribution in [3.63, 3.8) is 0 Å². The van der Waals surface area contributed by atoms with Gasteiger partial charge >= 0.3 is 0 Å². The molecule has 1 aromatic carbocycles. The van der Waals surface area contributed by atoms with Crippen LogP contribution < -0.4 is 0 Å². The van der Waals surface area contributed by atoms with Gasteiger partial charge < -0.3 is 4.74 Å². The van der Waals surface area contributed by atoms with Gasteiger partial charge in [0, 0.05) is 23.9 Å². The smallest absolute Gasteiger partial charge is 0.261 e. The van der Waals surface area contributed by atoms with Crippen LogP contribution in [0.4, 0.5) is 0 Å². The van der Waals surface area contributed by atoms with E-state index in [1.54, 1.807) is 18.2 Å². The van der Waals surface area contributed by atoms with Gasteiger partial charge in [0.1, 0.15) is 0 Å². The van der Waals surface area contributed by atoms with Crippen molar-refractivity contribution in [3.05, 3.63) is 30.3 Å². The quantitative estimate of drug-likeness (QED) is 0.717. The fourth-order valence-electron chi connectivity index (χ4n) is 1.09. The van der Waals surface area contributed by atoms with Gasteiger partial charge in [-0.2, -0.15) is 0 Å². The molecule has 1 aromatic rings. The molecule has 0 atom stereocenters. The average Bonchev–Trinajstić information content (AvgIpc) is 2.76. The minimum absolute atomic E-state index is 0.136. The molecule has 1 aliphatic rings. The van der Waals surface area contributed by atoms with E-state index in [1.165, 1.54) is 25.0 Å². The third-order valence-electron chi connectivity index (χ3n) is 1.85. The van der Waals surface area contributed by atoms with Crippen molar-refractivity contribution in [1.82, 2.24) is 0 Å². The zero-order valence-electron chi connectivity index (χ0n) is 8.23. The second-order valence-electron chi connectivity index (χ2n) is 3.07. The van der Waals surface area contributed by atoms with Crippen molar-refractivity contribution in [2.45, 2.75) is 17.7 Å². The minimum atomic E-state index is -3.53. The minimum Gasteiger partial charge on any atom is -0.381 e. The molecule has 0 radical (unpaired) electrons. The number of hydrogen-bond donors (Lipinski definition) is 0. The number of halogens is 1.